The molecule has 1 aromatic rings. The van der Waals surface area contributed by atoms with Crippen LogP contribution < -0.4 is 27.2 Å². The number of carbonyl (C=O) groups is 1. The van der Waals surface area contributed by atoms with Crippen molar-refractivity contribution in [1.82, 2.24) is 9.97 Å². The first kappa shape index (κ1) is 13.1. The van der Waals surface area contributed by atoms with Crippen molar-refractivity contribution in [2.45, 2.75) is 19.6 Å². The Labute approximate surface area is 108 Å². The summed E-state index contributed by atoms with van der Waals surface area (Å²) in [7, 11) is 0. The third kappa shape index (κ3) is 2.45. The molecule has 0 spiro atoms. The normalized spacial score (nSPS) is 16.6. The minimum absolute atomic E-state index is 0.0346. The number of aromatic nitrogens is 2. The van der Waals surface area contributed by atoms with E-state index in [1.54, 1.807) is 6.92 Å². The van der Waals surface area contributed by atoms with Crippen molar-refractivity contribution in [2.75, 3.05) is 22.6 Å². The second-order valence-corrected chi connectivity index (χ2v) is 4.47. The first-order valence-corrected chi connectivity index (χ1v) is 5.78. The molecule has 0 saturated heterocycles. The maximum absolute atomic E-state index is 11.6. The van der Waals surface area contributed by atoms with Gasteiger partial charge in [-0.3, -0.25) is 14.6 Å². The van der Waals surface area contributed by atoms with E-state index < -0.39 is 23.6 Å². The number of fused-ring (bicyclic) bond motifs is 1. The van der Waals surface area contributed by atoms with E-state index in [1.165, 1.54) is 4.90 Å². The van der Waals surface area contributed by atoms with Gasteiger partial charge in [-0.05, 0) is 0 Å². The fourth-order valence-corrected chi connectivity index (χ4v) is 1.89. The second-order valence-electron chi connectivity index (χ2n) is 4.47. The van der Waals surface area contributed by atoms with Gasteiger partial charge in [-0.25, -0.2) is 0 Å². The summed E-state index contributed by atoms with van der Waals surface area (Å²) in [5.41, 5.74) is 10.5. The van der Waals surface area contributed by atoms with Gasteiger partial charge in [0.25, 0.3) is 5.56 Å². The van der Waals surface area contributed by atoms with Gasteiger partial charge in [0.2, 0.25) is 11.9 Å². The summed E-state index contributed by atoms with van der Waals surface area (Å²) < 4.78 is 0. The van der Waals surface area contributed by atoms with Crippen LogP contribution in [-0.4, -0.2) is 33.9 Å². The smallest absolute Gasteiger partial charge is 0.277 e. The van der Waals surface area contributed by atoms with Crippen LogP contribution in [-0.2, 0) is 4.79 Å². The van der Waals surface area contributed by atoms with Gasteiger partial charge in [0, 0.05) is 12.3 Å². The topological polar surface area (TPSA) is 150 Å². The lowest BCUT2D eigenvalue weighted by Crippen LogP contribution is -2.38. The molecular weight excluding hydrogens is 252 g/mol. The van der Waals surface area contributed by atoms with Gasteiger partial charge in [0.15, 0.2) is 5.82 Å². The predicted octanol–water partition coefficient (Wildman–Crippen LogP) is -1.63. The number of aliphatic hydroxyl groups is 1. The van der Waals surface area contributed by atoms with Crippen molar-refractivity contribution in [2.24, 2.45) is 11.7 Å². The fourth-order valence-electron chi connectivity index (χ4n) is 1.89. The molecule has 9 nitrogen and oxygen atoms in total. The first-order chi connectivity index (χ1) is 8.90. The minimum atomic E-state index is -0.982. The zero-order valence-corrected chi connectivity index (χ0v) is 10.4. The van der Waals surface area contributed by atoms with Gasteiger partial charge in [0.1, 0.15) is 11.9 Å². The third-order valence-corrected chi connectivity index (χ3v) is 3.03. The number of amides is 1. The molecule has 0 aliphatic carbocycles. The van der Waals surface area contributed by atoms with E-state index in [2.05, 4.69) is 15.3 Å². The Bertz CT molecular complexity index is 557. The fraction of sp³-hybridized carbons (Fsp3) is 0.500. The van der Waals surface area contributed by atoms with E-state index in [1.807, 2.05) is 0 Å². The molecule has 2 heterocycles. The number of anilines is 3. The molecule has 1 amide bonds. The van der Waals surface area contributed by atoms with E-state index in [9.17, 15) is 14.7 Å². The number of H-pyrrole nitrogens is 1. The molecule has 7 N–H and O–H groups in total. The molecule has 2 unspecified atom stereocenters. The van der Waals surface area contributed by atoms with Crippen LogP contribution in [0.1, 0.15) is 13.3 Å². The molecule has 104 valence electrons. The molecule has 1 aromatic heterocycles. The van der Waals surface area contributed by atoms with Crippen molar-refractivity contribution < 1.29 is 9.90 Å². The van der Waals surface area contributed by atoms with Gasteiger partial charge >= 0.3 is 0 Å². The summed E-state index contributed by atoms with van der Waals surface area (Å²) in [6, 6.07) is 0. The van der Waals surface area contributed by atoms with Crippen molar-refractivity contribution in [3.05, 3.63) is 10.4 Å². The number of aromatic amines is 1. The number of rotatable bonds is 4. The van der Waals surface area contributed by atoms with Crippen LogP contribution in [0.15, 0.2) is 4.79 Å². The van der Waals surface area contributed by atoms with E-state index in [0.29, 0.717) is 0 Å². The first-order valence-electron chi connectivity index (χ1n) is 5.78. The van der Waals surface area contributed by atoms with E-state index in [4.69, 9.17) is 11.5 Å². The highest BCUT2D eigenvalue weighted by molar-refractivity contribution is 5.76. The number of nitrogens with zero attached hydrogens (tertiary/aromatic N) is 2. The number of hydrogen-bond donors (Lipinski definition) is 5. The van der Waals surface area contributed by atoms with Gasteiger partial charge in [0.05, 0.1) is 6.67 Å². The summed E-state index contributed by atoms with van der Waals surface area (Å²) in [6.07, 6.45) is -0.838. The van der Waals surface area contributed by atoms with Crippen molar-refractivity contribution in [1.29, 1.82) is 0 Å². The number of nitrogens with one attached hydrogen (secondary N) is 2. The number of primary amides is 1. The quantitative estimate of drug-likeness (QED) is 0.440. The zero-order chi connectivity index (χ0) is 14.2. The molecule has 19 heavy (non-hydrogen) atoms. The van der Waals surface area contributed by atoms with E-state index >= 15 is 0 Å². The van der Waals surface area contributed by atoms with Crippen molar-refractivity contribution in [3.8, 4) is 0 Å². The Hall–Kier alpha value is -2.29. The number of hydrogen-bond acceptors (Lipinski definition) is 7. The highest BCUT2D eigenvalue weighted by atomic mass is 16.3. The van der Waals surface area contributed by atoms with Gasteiger partial charge in [-0.2, -0.15) is 4.98 Å². The van der Waals surface area contributed by atoms with Gasteiger partial charge in [-0.1, -0.05) is 6.92 Å². The lowest BCUT2D eigenvalue weighted by Gasteiger charge is -2.25. The average molecular weight is 268 g/mol. The molecule has 0 saturated carbocycles. The van der Waals surface area contributed by atoms with Gasteiger partial charge in [-0.15, -0.1) is 0 Å². The maximum Gasteiger partial charge on any atom is 0.277 e. The molecule has 0 radical (unpaired) electrons. The Morgan fingerprint density at radius 2 is 2.32 bits per heavy atom. The van der Waals surface area contributed by atoms with E-state index in [-0.39, 0.29) is 30.5 Å². The van der Waals surface area contributed by atoms with Crippen LogP contribution in [0.3, 0.4) is 0 Å². The molecule has 1 aliphatic heterocycles. The van der Waals surface area contributed by atoms with Crippen LogP contribution in [0, 0.1) is 5.92 Å². The Kier molecular flexibility index (Phi) is 3.30. The Morgan fingerprint density at radius 1 is 1.63 bits per heavy atom. The second kappa shape index (κ2) is 4.76. The molecule has 2 rings (SSSR count). The van der Waals surface area contributed by atoms with Gasteiger partial charge < -0.3 is 26.8 Å². The summed E-state index contributed by atoms with van der Waals surface area (Å²) in [5.74, 6) is -0.749. The van der Waals surface area contributed by atoms with Crippen LogP contribution in [0.4, 0.5) is 17.5 Å². The largest absolute Gasteiger partial charge is 0.373 e. The SMILES string of the molecule is CC(CC(O)N1CNc2c1nc(N)[nH]c2=O)C(N)=O. The van der Waals surface area contributed by atoms with Crippen LogP contribution in [0.2, 0.25) is 0 Å². The average Bonchev–Trinajstić information content (AvgIpc) is 2.72. The molecule has 0 fully saturated rings. The number of nitrogens with two attached hydrogens (primary N) is 2. The Morgan fingerprint density at radius 3 is 2.95 bits per heavy atom. The van der Waals surface area contributed by atoms with Crippen LogP contribution in [0.5, 0.6) is 0 Å². The highest BCUT2D eigenvalue weighted by Crippen LogP contribution is 2.28. The molecule has 0 aromatic carbocycles. The lowest BCUT2D eigenvalue weighted by molar-refractivity contribution is -0.122. The molecule has 9 heteroatoms. The third-order valence-electron chi connectivity index (χ3n) is 3.03. The summed E-state index contributed by atoms with van der Waals surface area (Å²) >= 11 is 0. The van der Waals surface area contributed by atoms with Crippen LogP contribution >= 0.6 is 0 Å². The summed E-state index contributed by atoms with van der Waals surface area (Å²) in [5, 5.41) is 12.9. The lowest BCUT2D eigenvalue weighted by atomic mass is 10.1. The summed E-state index contributed by atoms with van der Waals surface area (Å²) in [4.78, 5) is 30.4. The number of aliphatic hydroxyl groups excluding tert-OH is 1. The standard InChI is InChI=1S/C10H16N6O3/c1-4(7(11)18)2-5(17)16-3-13-6-8(16)14-10(12)15-9(6)19/h4-5,13,17H,2-3H2,1H3,(H2,11,18)(H3,12,14,15,19). The van der Waals surface area contributed by atoms with Crippen molar-refractivity contribution >= 4 is 23.4 Å². The number of nitrogen functional groups attached to an aromatic ring is 1. The number of carbonyl (C=O) groups excluding carboxylic acids is 1. The monoisotopic (exact) mass is 268 g/mol. The summed E-state index contributed by atoms with van der Waals surface area (Å²) in [6.45, 7) is 1.83. The molecular formula is C10H16N6O3. The molecule has 2 atom stereocenters. The Balaban J connectivity index is 2.22. The predicted molar refractivity (Wildman–Crippen MR) is 69.2 cm³/mol. The van der Waals surface area contributed by atoms with E-state index in [0.717, 1.165) is 0 Å². The highest BCUT2D eigenvalue weighted by Gasteiger charge is 2.30. The van der Waals surface area contributed by atoms with Crippen LogP contribution in [0.25, 0.3) is 0 Å². The molecule has 0 bridgehead atoms. The molecule has 1 aliphatic rings. The minimum Gasteiger partial charge on any atom is -0.373 e. The maximum atomic E-state index is 11.6. The van der Waals surface area contributed by atoms with Crippen molar-refractivity contribution in [3.63, 3.8) is 0 Å². The zero-order valence-electron chi connectivity index (χ0n) is 10.4.